The van der Waals surface area contributed by atoms with E-state index in [0.29, 0.717) is 5.69 Å². The van der Waals surface area contributed by atoms with Crippen LogP contribution in [0.2, 0.25) is 0 Å². The Kier molecular flexibility index (Phi) is 2.85. The van der Waals surface area contributed by atoms with Gasteiger partial charge in [0.25, 0.3) is 0 Å². The van der Waals surface area contributed by atoms with Crippen LogP contribution in [0.15, 0.2) is 53.6 Å². The molecular weight excluding hydrogens is 205 g/mol. The first kappa shape index (κ1) is 10.2. The van der Waals surface area contributed by atoms with Gasteiger partial charge in [0.05, 0.1) is 0 Å². The van der Waals surface area contributed by atoms with Crippen LogP contribution < -0.4 is 0 Å². The molecule has 0 amide bonds. The van der Waals surface area contributed by atoms with Gasteiger partial charge in [-0.15, -0.1) is 0 Å². The lowest BCUT2D eigenvalue weighted by Crippen LogP contribution is -1.78. The second-order valence-electron chi connectivity index (χ2n) is 3.25. The van der Waals surface area contributed by atoms with Crippen molar-refractivity contribution in [1.82, 2.24) is 0 Å². The van der Waals surface area contributed by atoms with Crippen molar-refractivity contribution in [2.75, 3.05) is 0 Å². The predicted molar refractivity (Wildman–Crippen MR) is 60.6 cm³/mol. The quantitative estimate of drug-likeness (QED) is 0.402. The zero-order valence-corrected chi connectivity index (χ0v) is 8.34. The summed E-state index contributed by atoms with van der Waals surface area (Å²) in [6.45, 7) is 0. The summed E-state index contributed by atoms with van der Waals surface area (Å²) in [5, 5.41) is 3.47. The molecule has 0 spiro atoms. The van der Waals surface area contributed by atoms with Crippen LogP contribution in [-0.2, 0) is 0 Å². The van der Waals surface area contributed by atoms with Gasteiger partial charge in [-0.2, -0.15) is 0 Å². The Morgan fingerprint density at radius 1 is 1.00 bits per heavy atom. The Balaban J connectivity index is 2.38. The zero-order valence-electron chi connectivity index (χ0n) is 8.34. The minimum Gasteiger partial charge on any atom is -0.207 e. The van der Waals surface area contributed by atoms with Crippen LogP contribution in [0.25, 0.3) is 21.6 Å². The SMILES string of the molecule is [N-]=[N+]=Nc1ccc(-c2cccc(F)c2)cc1. The first-order chi connectivity index (χ1) is 7.79. The molecule has 0 atom stereocenters. The minimum absolute atomic E-state index is 0.267. The highest BCUT2D eigenvalue weighted by molar-refractivity contribution is 5.65. The number of halogens is 1. The van der Waals surface area contributed by atoms with Crippen molar-refractivity contribution in [2.24, 2.45) is 5.11 Å². The molecule has 0 heterocycles. The molecule has 0 N–H and O–H groups in total. The molecule has 0 bridgehead atoms. The molecule has 2 rings (SSSR count). The van der Waals surface area contributed by atoms with Crippen LogP contribution in [0, 0.1) is 5.82 Å². The third-order valence-electron chi connectivity index (χ3n) is 2.19. The smallest absolute Gasteiger partial charge is 0.123 e. The first-order valence-electron chi connectivity index (χ1n) is 4.71. The Hall–Kier alpha value is -2.32. The van der Waals surface area contributed by atoms with Gasteiger partial charge in [0.15, 0.2) is 0 Å². The van der Waals surface area contributed by atoms with Gasteiger partial charge in [0, 0.05) is 10.6 Å². The number of hydrogen-bond donors (Lipinski definition) is 0. The lowest BCUT2D eigenvalue weighted by atomic mass is 10.1. The topological polar surface area (TPSA) is 48.8 Å². The summed E-state index contributed by atoms with van der Waals surface area (Å²) in [5.41, 5.74) is 10.5. The zero-order chi connectivity index (χ0) is 11.4. The number of azide groups is 1. The summed E-state index contributed by atoms with van der Waals surface area (Å²) in [7, 11) is 0. The maximum atomic E-state index is 13.0. The Morgan fingerprint density at radius 3 is 2.38 bits per heavy atom. The summed E-state index contributed by atoms with van der Waals surface area (Å²) in [4.78, 5) is 2.69. The van der Waals surface area contributed by atoms with Crippen molar-refractivity contribution in [3.8, 4) is 11.1 Å². The molecule has 0 aliphatic heterocycles. The average Bonchev–Trinajstić information content (AvgIpc) is 2.30. The number of hydrogen-bond acceptors (Lipinski definition) is 1. The monoisotopic (exact) mass is 213 g/mol. The summed E-state index contributed by atoms with van der Waals surface area (Å²) in [6, 6.07) is 13.3. The molecule has 2 aromatic carbocycles. The lowest BCUT2D eigenvalue weighted by molar-refractivity contribution is 0.628. The largest absolute Gasteiger partial charge is 0.207 e. The summed E-state index contributed by atoms with van der Waals surface area (Å²) >= 11 is 0. The van der Waals surface area contributed by atoms with E-state index >= 15 is 0 Å². The van der Waals surface area contributed by atoms with E-state index in [1.54, 1.807) is 30.3 Å². The molecule has 2 aromatic rings. The average molecular weight is 213 g/mol. The van der Waals surface area contributed by atoms with E-state index in [1.807, 2.05) is 6.07 Å². The Labute approximate surface area is 91.8 Å². The van der Waals surface area contributed by atoms with Crippen LogP contribution in [0.1, 0.15) is 0 Å². The molecule has 78 valence electrons. The molecule has 0 aromatic heterocycles. The van der Waals surface area contributed by atoms with Crippen LogP contribution in [0.5, 0.6) is 0 Å². The molecule has 4 heteroatoms. The predicted octanol–water partition coefficient (Wildman–Crippen LogP) is 4.43. The highest BCUT2D eigenvalue weighted by Gasteiger charge is 1.98. The van der Waals surface area contributed by atoms with Crippen LogP contribution in [0.4, 0.5) is 10.1 Å². The second kappa shape index (κ2) is 4.47. The highest BCUT2D eigenvalue weighted by atomic mass is 19.1. The molecule has 0 aliphatic rings. The minimum atomic E-state index is -0.267. The van der Waals surface area contributed by atoms with Gasteiger partial charge in [-0.05, 0) is 28.8 Å². The van der Waals surface area contributed by atoms with Crippen molar-refractivity contribution in [2.45, 2.75) is 0 Å². The van der Waals surface area contributed by atoms with Gasteiger partial charge < -0.3 is 0 Å². The fraction of sp³-hybridized carbons (Fsp3) is 0. The van der Waals surface area contributed by atoms with E-state index in [0.717, 1.165) is 11.1 Å². The standard InChI is InChI=1S/C12H8FN3/c13-11-3-1-2-10(8-11)9-4-6-12(7-5-9)15-16-14/h1-8H. The lowest BCUT2D eigenvalue weighted by Gasteiger charge is -2.01. The van der Waals surface area contributed by atoms with Gasteiger partial charge in [0.2, 0.25) is 0 Å². The fourth-order valence-corrected chi connectivity index (χ4v) is 1.44. The van der Waals surface area contributed by atoms with Gasteiger partial charge in [-0.3, -0.25) is 0 Å². The summed E-state index contributed by atoms with van der Waals surface area (Å²) in [6.07, 6.45) is 0. The first-order valence-corrected chi connectivity index (χ1v) is 4.71. The fourth-order valence-electron chi connectivity index (χ4n) is 1.44. The van der Waals surface area contributed by atoms with Gasteiger partial charge in [0.1, 0.15) is 5.82 Å². The maximum Gasteiger partial charge on any atom is 0.123 e. The van der Waals surface area contributed by atoms with Crippen LogP contribution in [-0.4, -0.2) is 0 Å². The van der Waals surface area contributed by atoms with Crippen molar-refractivity contribution >= 4 is 5.69 Å². The van der Waals surface area contributed by atoms with Gasteiger partial charge in [-0.25, -0.2) is 4.39 Å². The van der Waals surface area contributed by atoms with Crippen LogP contribution >= 0.6 is 0 Å². The third-order valence-corrected chi connectivity index (χ3v) is 2.19. The Morgan fingerprint density at radius 2 is 1.75 bits per heavy atom. The molecule has 0 saturated carbocycles. The Bertz CT molecular complexity index is 542. The molecule has 0 unspecified atom stereocenters. The normalized spacial score (nSPS) is 9.56. The van der Waals surface area contributed by atoms with E-state index in [9.17, 15) is 4.39 Å². The van der Waals surface area contributed by atoms with Gasteiger partial charge >= 0.3 is 0 Å². The molecule has 16 heavy (non-hydrogen) atoms. The summed E-state index contributed by atoms with van der Waals surface area (Å²) in [5.74, 6) is -0.267. The molecule has 0 aliphatic carbocycles. The third kappa shape index (κ3) is 2.19. The van der Waals surface area contributed by atoms with E-state index in [1.165, 1.54) is 12.1 Å². The van der Waals surface area contributed by atoms with Gasteiger partial charge in [-0.1, -0.05) is 41.5 Å². The number of benzene rings is 2. The van der Waals surface area contributed by atoms with E-state index in [4.69, 9.17) is 5.53 Å². The second-order valence-corrected chi connectivity index (χ2v) is 3.25. The molecule has 0 saturated heterocycles. The maximum absolute atomic E-state index is 13.0. The molecular formula is C12H8FN3. The number of rotatable bonds is 2. The summed E-state index contributed by atoms with van der Waals surface area (Å²) < 4.78 is 13.0. The molecule has 0 radical (unpaired) electrons. The van der Waals surface area contributed by atoms with E-state index in [-0.39, 0.29) is 5.82 Å². The van der Waals surface area contributed by atoms with E-state index in [2.05, 4.69) is 10.0 Å². The van der Waals surface area contributed by atoms with Crippen LogP contribution in [0.3, 0.4) is 0 Å². The van der Waals surface area contributed by atoms with Crippen molar-refractivity contribution < 1.29 is 4.39 Å². The number of nitrogens with zero attached hydrogens (tertiary/aromatic N) is 3. The van der Waals surface area contributed by atoms with E-state index < -0.39 is 0 Å². The highest BCUT2D eigenvalue weighted by Crippen LogP contribution is 2.23. The van der Waals surface area contributed by atoms with Crippen molar-refractivity contribution in [3.63, 3.8) is 0 Å². The molecule has 0 fully saturated rings. The van der Waals surface area contributed by atoms with Crippen molar-refractivity contribution in [3.05, 3.63) is 64.8 Å². The van der Waals surface area contributed by atoms with Crippen molar-refractivity contribution in [1.29, 1.82) is 0 Å². The molecule has 3 nitrogen and oxygen atoms in total.